The van der Waals surface area contributed by atoms with Gasteiger partial charge in [0, 0.05) is 29.5 Å². The summed E-state index contributed by atoms with van der Waals surface area (Å²) in [4.78, 5) is 26.3. The van der Waals surface area contributed by atoms with Gasteiger partial charge in [-0.05, 0) is 36.6 Å². The van der Waals surface area contributed by atoms with Gasteiger partial charge in [0.1, 0.15) is 12.3 Å². The van der Waals surface area contributed by atoms with Crippen LogP contribution < -0.4 is 16.3 Å². The van der Waals surface area contributed by atoms with Crippen molar-refractivity contribution in [2.24, 2.45) is 0 Å². The molecule has 1 aromatic heterocycles. The van der Waals surface area contributed by atoms with Crippen LogP contribution in [0.25, 0.3) is 5.70 Å². The smallest absolute Gasteiger partial charge is 0.322 e. The molecule has 0 saturated heterocycles. The Morgan fingerprint density at radius 2 is 2.00 bits per heavy atom. The molecule has 5 N–H and O–H groups in total. The summed E-state index contributed by atoms with van der Waals surface area (Å²) in [6, 6.07) is 9.13. The van der Waals surface area contributed by atoms with E-state index in [4.69, 9.17) is 16.7 Å². The maximum absolute atomic E-state index is 11.9. The number of aromatic hydroxyl groups is 1. The van der Waals surface area contributed by atoms with Crippen molar-refractivity contribution in [1.29, 1.82) is 0 Å². The highest BCUT2D eigenvalue weighted by molar-refractivity contribution is 6.30. The number of hydrazine groups is 2. The Hall–Kier alpha value is -3.30. The van der Waals surface area contributed by atoms with Crippen LogP contribution in [0.2, 0.25) is 5.02 Å². The molecule has 2 aromatic rings. The fourth-order valence-electron chi connectivity index (χ4n) is 2.74. The monoisotopic (exact) mass is 417 g/mol. The predicted molar refractivity (Wildman–Crippen MR) is 107 cm³/mol. The van der Waals surface area contributed by atoms with Gasteiger partial charge < -0.3 is 21.0 Å². The van der Waals surface area contributed by atoms with E-state index < -0.39 is 18.4 Å². The Kier molecular flexibility index (Phi) is 6.53. The summed E-state index contributed by atoms with van der Waals surface area (Å²) in [5.74, 6) is -2.28. The van der Waals surface area contributed by atoms with E-state index in [2.05, 4.69) is 21.3 Å². The van der Waals surface area contributed by atoms with E-state index in [1.165, 1.54) is 17.8 Å². The van der Waals surface area contributed by atoms with Crippen molar-refractivity contribution in [3.05, 3.63) is 64.6 Å². The molecule has 0 aliphatic carbocycles. The number of carbonyl (C=O) groups is 2. The molecule has 1 aromatic carbocycles. The summed E-state index contributed by atoms with van der Waals surface area (Å²) in [7, 11) is 0. The Labute approximate surface area is 171 Å². The van der Waals surface area contributed by atoms with E-state index in [0.717, 1.165) is 19.4 Å². The number of aryl methyl sites for hydroxylation is 1. The number of hydrogen-bond acceptors (Lipinski definition) is 7. The number of carboxylic acids is 1. The standard InChI is InChI=1S/C19H20ClN5O4/c20-14-5-3-12(4-6-14)2-1-7-25-11-15(23-24-25)13-8-16(26)18(21-9-13)19(29)22-10-17(27)28/h3-6,8-9,11,23-24,26H,1-2,7,10H2,(H,22,29)(H,27,28). The molecular weight excluding hydrogens is 398 g/mol. The lowest BCUT2D eigenvalue weighted by Gasteiger charge is -2.14. The maximum Gasteiger partial charge on any atom is 0.322 e. The first-order valence-corrected chi connectivity index (χ1v) is 9.24. The van der Waals surface area contributed by atoms with Crippen LogP contribution in [-0.4, -0.2) is 45.2 Å². The van der Waals surface area contributed by atoms with Crippen LogP contribution in [0.5, 0.6) is 5.75 Å². The Bertz CT molecular complexity index is 933. The summed E-state index contributed by atoms with van der Waals surface area (Å²) < 4.78 is 0. The van der Waals surface area contributed by atoms with Crippen molar-refractivity contribution in [3.8, 4) is 5.75 Å². The molecule has 0 radical (unpaired) electrons. The zero-order valence-electron chi connectivity index (χ0n) is 15.4. The second-order valence-electron chi connectivity index (χ2n) is 6.37. The van der Waals surface area contributed by atoms with Gasteiger partial charge in [0.25, 0.3) is 5.91 Å². The van der Waals surface area contributed by atoms with E-state index in [0.29, 0.717) is 16.3 Å². The van der Waals surface area contributed by atoms with Gasteiger partial charge in [-0.2, -0.15) is 0 Å². The van der Waals surface area contributed by atoms with E-state index >= 15 is 0 Å². The number of aliphatic carboxylic acids is 1. The SMILES string of the molecule is O=C(O)CNC(=O)c1ncc(C2=CN(CCCc3ccc(Cl)cc3)NN2)cc1O. The molecule has 10 heteroatoms. The van der Waals surface area contributed by atoms with Crippen molar-refractivity contribution in [2.75, 3.05) is 13.1 Å². The topological polar surface area (TPSA) is 127 Å². The Morgan fingerprint density at radius 3 is 2.69 bits per heavy atom. The minimum atomic E-state index is -1.18. The van der Waals surface area contributed by atoms with Crippen LogP contribution in [0.15, 0.2) is 42.7 Å². The molecule has 0 bridgehead atoms. The first kappa shape index (κ1) is 20.4. The third-order valence-corrected chi connectivity index (χ3v) is 4.44. The van der Waals surface area contributed by atoms with Gasteiger partial charge >= 0.3 is 5.97 Å². The number of carbonyl (C=O) groups excluding carboxylic acids is 1. The lowest BCUT2D eigenvalue weighted by Crippen LogP contribution is -2.36. The number of halogens is 1. The van der Waals surface area contributed by atoms with Crippen molar-refractivity contribution >= 4 is 29.2 Å². The summed E-state index contributed by atoms with van der Waals surface area (Å²) in [6.07, 6.45) is 5.07. The number of hydrogen-bond donors (Lipinski definition) is 5. The fraction of sp³-hybridized carbons (Fsp3) is 0.211. The molecule has 3 rings (SSSR count). The Balaban J connectivity index is 1.56. The normalized spacial score (nSPS) is 13.0. The fourth-order valence-corrected chi connectivity index (χ4v) is 2.87. The van der Waals surface area contributed by atoms with Crippen molar-refractivity contribution in [1.82, 2.24) is 26.3 Å². The number of aromatic nitrogens is 1. The second kappa shape index (κ2) is 9.26. The highest BCUT2D eigenvalue weighted by atomic mass is 35.5. The average molecular weight is 418 g/mol. The number of carboxylic acid groups (broad SMARTS) is 1. The minimum absolute atomic E-state index is 0.235. The zero-order chi connectivity index (χ0) is 20.8. The zero-order valence-corrected chi connectivity index (χ0v) is 16.1. The molecule has 152 valence electrons. The summed E-state index contributed by atoms with van der Waals surface area (Å²) in [5.41, 5.74) is 8.21. The van der Waals surface area contributed by atoms with Gasteiger partial charge in [-0.3, -0.25) is 14.6 Å². The van der Waals surface area contributed by atoms with Gasteiger partial charge in [0.15, 0.2) is 5.69 Å². The summed E-state index contributed by atoms with van der Waals surface area (Å²) >= 11 is 5.89. The predicted octanol–water partition coefficient (Wildman–Crippen LogP) is 1.51. The summed E-state index contributed by atoms with van der Waals surface area (Å²) in [6.45, 7) is 0.192. The van der Waals surface area contributed by atoms with Gasteiger partial charge in [0.2, 0.25) is 0 Å². The lowest BCUT2D eigenvalue weighted by molar-refractivity contribution is -0.135. The highest BCUT2D eigenvalue weighted by Crippen LogP contribution is 2.22. The van der Waals surface area contributed by atoms with E-state index in [-0.39, 0.29) is 11.4 Å². The Morgan fingerprint density at radius 1 is 1.24 bits per heavy atom. The van der Waals surface area contributed by atoms with Crippen LogP contribution in [0.4, 0.5) is 0 Å². The first-order valence-electron chi connectivity index (χ1n) is 8.86. The lowest BCUT2D eigenvalue weighted by atomic mass is 10.1. The van der Waals surface area contributed by atoms with Crippen molar-refractivity contribution in [3.63, 3.8) is 0 Å². The molecule has 0 saturated carbocycles. The molecule has 2 heterocycles. The van der Waals surface area contributed by atoms with Crippen LogP contribution >= 0.6 is 11.6 Å². The molecule has 0 atom stereocenters. The third kappa shape index (κ3) is 5.59. The molecular formula is C19H20ClN5O4. The van der Waals surface area contributed by atoms with Gasteiger partial charge in [-0.15, -0.1) is 5.53 Å². The third-order valence-electron chi connectivity index (χ3n) is 4.19. The molecule has 9 nitrogen and oxygen atoms in total. The van der Waals surface area contributed by atoms with Gasteiger partial charge in [-0.1, -0.05) is 23.7 Å². The largest absolute Gasteiger partial charge is 0.505 e. The van der Waals surface area contributed by atoms with Crippen molar-refractivity contribution < 1.29 is 19.8 Å². The minimum Gasteiger partial charge on any atom is -0.505 e. The molecule has 29 heavy (non-hydrogen) atoms. The quantitative estimate of drug-likeness (QED) is 0.437. The molecule has 1 aliphatic heterocycles. The number of nitrogens with one attached hydrogen (secondary N) is 3. The molecule has 0 fully saturated rings. The summed E-state index contributed by atoms with van der Waals surface area (Å²) in [5, 5.41) is 23.4. The van der Waals surface area contributed by atoms with Crippen LogP contribution in [-0.2, 0) is 11.2 Å². The van der Waals surface area contributed by atoms with E-state index in [1.54, 1.807) is 0 Å². The number of nitrogens with zero attached hydrogens (tertiary/aromatic N) is 2. The van der Waals surface area contributed by atoms with Crippen LogP contribution in [0, 0.1) is 0 Å². The molecule has 0 unspecified atom stereocenters. The highest BCUT2D eigenvalue weighted by Gasteiger charge is 2.18. The van der Waals surface area contributed by atoms with E-state index in [9.17, 15) is 14.7 Å². The molecule has 0 spiro atoms. The molecule has 1 amide bonds. The number of amides is 1. The van der Waals surface area contributed by atoms with Gasteiger partial charge in [-0.25, -0.2) is 4.98 Å². The van der Waals surface area contributed by atoms with E-state index in [1.807, 2.05) is 35.5 Å². The second-order valence-corrected chi connectivity index (χ2v) is 6.81. The number of benzene rings is 1. The first-order chi connectivity index (χ1) is 13.9. The van der Waals surface area contributed by atoms with Gasteiger partial charge in [0.05, 0.1) is 5.70 Å². The number of pyridine rings is 1. The maximum atomic E-state index is 11.9. The van der Waals surface area contributed by atoms with Crippen LogP contribution in [0.1, 0.15) is 28.0 Å². The van der Waals surface area contributed by atoms with Crippen molar-refractivity contribution in [2.45, 2.75) is 12.8 Å². The molecule has 1 aliphatic rings. The van der Waals surface area contributed by atoms with Crippen LogP contribution in [0.3, 0.4) is 0 Å². The number of rotatable bonds is 8. The average Bonchev–Trinajstić information content (AvgIpc) is 3.16.